The van der Waals surface area contributed by atoms with Crippen LogP contribution < -0.4 is 19.7 Å². The summed E-state index contributed by atoms with van der Waals surface area (Å²) < 4.78 is 41.1. The maximum atomic E-state index is 15.4. The van der Waals surface area contributed by atoms with Gasteiger partial charge in [-0.15, -0.1) is 0 Å². The van der Waals surface area contributed by atoms with E-state index in [4.69, 9.17) is 9.47 Å². The number of pyridine rings is 2. The molecule has 3 heterocycles. The summed E-state index contributed by atoms with van der Waals surface area (Å²) in [6.07, 6.45) is 5.87. The SMILES string of the molecule is CCOc1cc(OC)c(F)c(N2Cc3cnc(-c4cncc(NC(C)=O)c4)cc3C3(CC3)C2=O)c1F. The third-order valence-corrected chi connectivity index (χ3v) is 6.49. The van der Waals surface area contributed by atoms with Crippen molar-refractivity contribution in [1.29, 1.82) is 0 Å². The minimum Gasteiger partial charge on any atom is -0.493 e. The summed E-state index contributed by atoms with van der Waals surface area (Å²) in [6, 6.07) is 4.72. The van der Waals surface area contributed by atoms with E-state index in [0.29, 0.717) is 35.3 Å². The third-order valence-electron chi connectivity index (χ3n) is 6.49. The Labute approximate surface area is 206 Å². The minimum atomic E-state index is -0.962. The van der Waals surface area contributed by atoms with Crippen molar-refractivity contribution < 1.29 is 27.8 Å². The smallest absolute Gasteiger partial charge is 0.238 e. The predicted octanol–water partition coefficient (Wildman–Crippen LogP) is 4.37. The lowest BCUT2D eigenvalue weighted by atomic mass is 9.86. The van der Waals surface area contributed by atoms with Gasteiger partial charge in [0.05, 0.1) is 43.3 Å². The Balaban J connectivity index is 1.57. The summed E-state index contributed by atoms with van der Waals surface area (Å²) in [5, 5.41) is 2.69. The van der Waals surface area contributed by atoms with Gasteiger partial charge in [-0.1, -0.05) is 0 Å². The number of halogens is 2. The molecule has 5 rings (SSSR count). The average molecular weight is 494 g/mol. The number of ether oxygens (including phenoxy) is 2. The molecule has 1 fully saturated rings. The summed E-state index contributed by atoms with van der Waals surface area (Å²) >= 11 is 0. The quantitative estimate of drug-likeness (QED) is 0.547. The van der Waals surface area contributed by atoms with E-state index in [0.717, 1.165) is 16.5 Å². The van der Waals surface area contributed by atoms with Crippen LogP contribution in [0.5, 0.6) is 11.5 Å². The number of carbonyl (C=O) groups excluding carboxylic acids is 2. The highest BCUT2D eigenvalue weighted by molar-refractivity contribution is 6.05. The number of nitrogens with zero attached hydrogens (tertiary/aromatic N) is 3. The van der Waals surface area contributed by atoms with Gasteiger partial charge in [-0.25, -0.2) is 8.78 Å². The van der Waals surface area contributed by atoms with Gasteiger partial charge >= 0.3 is 0 Å². The Morgan fingerprint density at radius 2 is 1.89 bits per heavy atom. The number of hydrogen-bond donors (Lipinski definition) is 1. The topological polar surface area (TPSA) is 93.7 Å². The van der Waals surface area contributed by atoms with E-state index < -0.39 is 22.7 Å². The van der Waals surface area contributed by atoms with Gasteiger partial charge in [0.25, 0.3) is 0 Å². The summed E-state index contributed by atoms with van der Waals surface area (Å²) in [5.74, 6) is -2.91. The van der Waals surface area contributed by atoms with E-state index in [1.165, 1.54) is 20.2 Å². The van der Waals surface area contributed by atoms with Crippen molar-refractivity contribution in [3.8, 4) is 22.8 Å². The number of hydrogen-bond acceptors (Lipinski definition) is 6. The lowest BCUT2D eigenvalue weighted by molar-refractivity contribution is -0.121. The molecule has 1 N–H and O–H groups in total. The number of benzene rings is 1. The number of methoxy groups -OCH3 is 1. The molecule has 3 aromatic rings. The molecule has 1 aliphatic heterocycles. The second-order valence-electron chi connectivity index (χ2n) is 8.83. The summed E-state index contributed by atoms with van der Waals surface area (Å²) in [4.78, 5) is 34.9. The van der Waals surface area contributed by atoms with Crippen molar-refractivity contribution in [3.05, 3.63) is 59.6 Å². The van der Waals surface area contributed by atoms with Crippen LogP contribution in [-0.2, 0) is 21.5 Å². The minimum absolute atomic E-state index is 0.0556. The molecule has 1 saturated carbocycles. The normalized spacial score (nSPS) is 15.5. The molecule has 2 aromatic heterocycles. The molecule has 1 spiro atoms. The highest BCUT2D eigenvalue weighted by Crippen LogP contribution is 2.55. The first-order valence-electron chi connectivity index (χ1n) is 11.5. The zero-order valence-corrected chi connectivity index (χ0v) is 20.0. The lowest BCUT2D eigenvalue weighted by Crippen LogP contribution is -2.45. The second-order valence-corrected chi connectivity index (χ2v) is 8.83. The molecule has 0 radical (unpaired) electrons. The zero-order chi connectivity index (χ0) is 25.6. The van der Waals surface area contributed by atoms with Gasteiger partial charge < -0.3 is 19.7 Å². The highest BCUT2D eigenvalue weighted by atomic mass is 19.1. The van der Waals surface area contributed by atoms with Crippen LogP contribution in [0.15, 0.2) is 36.8 Å². The van der Waals surface area contributed by atoms with Crippen LogP contribution in [0.25, 0.3) is 11.3 Å². The van der Waals surface area contributed by atoms with Crippen LogP contribution in [0, 0.1) is 11.6 Å². The maximum absolute atomic E-state index is 15.4. The second kappa shape index (κ2) is 8.85. The Morgan fingerprint density at radius 1 is 1.14 bits per heavy atom. The molecule has 186 valence electrons. The fourth-order valence-electron chi connectivity index (χ4n) is 4.69. The predicted molar refractivity (Wildman–Crippen MR) is 128 cm³/mol. The Morgan fingerprint density at radius 3 is 2.56 bits per heavy atom. The molecule has 2 amide bonds. The number of fused-ring (bicyclic) bond motifs is 2. The van der Waals surface area contributed by atoms with E-state index >= 15 is 8.78 Å². The average Bonchev–Trinajstić information content (AvgIpc) is 3.65. The fraction of sp³-hybridized carbons (Fsp3) is 0.308. The molecular formula is C26H24F2N4O4. The molecule has 0 unspecified atom stereocenters. The molecule has 8 nitrogen and oxygen atoms in total. The van der Waals surface area contributed by atoms with Crippen LogP contribution >= 0.6 is 0 Å². The molecule has 2 aliphatic rings. The zero-order valence-electron chi connectivity index (χ0n) is 20.0. The molecule has 1 aromatic carbocycles. The van der Waals surface area contributed by atoms with Gasteiger partial charge in [-0.05, 0) is 43.0 Å². The molecule has 36 heavy (non-hydrogen) atoms. The van der Waals surface area contributed by atoms with Crippen LogP contribution in [0.1, 0.15) is 37.8 Å². The molecule has 0 bridgehead atoms. The number of nitrogens with one attached hydrogen (secondary N) is 1. The van der Waals surface area contributed by atoms with Gasteiger partial charge in [0, 0.05) is 30.9 Å². The molecule has 0 atom stereocenters. The molecule has 1 aliphatic carbocycles. The van der Waals surface area contributed by atoms with Crippen LogP contribution in [-0.4, -0.2) is 35.5 Å². The summed E-state index contributed by atoms with van der Waals surface area (Å²) in [6.45, 7) is 3.20. The Hall–Kier alpha value is -4.08. The summed E-state index contributed by atoms with van der Waals surface area (Å²) in [5.41, 5.74) is 1.88. The van der Waals surface area contributed by atoms with Gasteiger partial charge in [0.1, 0.15) is 5.69 Å². The van der Waals surface area contributed by atoms with Crippen LogP contribution in [0.3, 0.4) is 0 Å². The standard InChI is InChI=1S/C26H24F2N4O4/c1-4-36-21-9-20(35-3)22(27)24(23(21)28)32-13-16-11-30-19(8-18(16)26(5-6-26)25(32)34)15-7-17(12-29-10-15)31-14(2)33/h7-12H,4-6,13H2,1-3H3,(H,31,33). The monoisotopic (exact) mass is 494 g/mol. The number of aromatic nitrogens is 2. The van der Waals surface area contributed by atoms with Gasteiger partial charge in [-0.3, -0.25) is 19.6 Å². The van der Waals surface area contributed by atoms with E-state index in [1.807, 2.05) is 6.07 Å². The van der Waals surface area contributed by atoms with E-state index in [1.54, 1.807) is 25.4 Å². The lowest BCUT2D eigenvalue weighted by Gasteiger charge is -2.35. The van der Waals surface area contributed by atoms with Crippen molar-refractivity contribution in [3.63, 3.8) is 0 Å². The molecular weight excluding hydrogens is 470 g/mol. The van der Waals surface area contributed by atoms with Crippen molar-refractivity contribution in [2.75, 3.05) is 23.9 Å². The van der Waals surface area contributed by atoms with Crippen molar-refractivity contribution in [2.45, 2.75) is 38.6 Å². The first-order chi connectivity index (χ1) is 17.3. The molecule has 0 saturated heterocycles. The van der Waals surface area contributed by atoms with Crippen molar-refractivity contribution >= 4 is 23.2 Å². The summed E-state index contributed by atoms with van der Waals surface area (Å²) in [7, 11) is 1.27. The number of anilines is 2. The van der Waals surface area contributed by atoms with Crippen LogP contribution in [0.4, 0.5) is 20.2 Å². The molecule has 10 heteroatoms. The fourth-order valence-corrected chi connectivity index (χ4v) is 4.69. The Kier molecular flexibility index (Phi) is 5.82. The number of amides is 2. The van der Waals surface area contributed by atoms with Gasteiger partial charge in [-0.2, -0.15) is 0 Å². The third kappa shape index (κ3) is 3.82. The maximum Gasteiger partial charge on any atom is 0.238 e. The number of carbonyl (C=O) groups is 2. The van der Waals surface area contributed by atoms with Gasteiger partial charge in [0.15, 0.2) is 23.1 Å². The van der Waals surface area contributed by atoms with E-state index in [-0.39, 0.29) is 36.5 Å². The first kappa shape index (κ1) is 23.7. The van der Waals surface area contributed by atoms with Gasteiger partial charge in [0.2, 0.25) is 11.8 Å². The first-order valence-corrected chi connectivity index (χ1v) is 11.5. The largest absolute Gasteiger partial charge is 0.493 e. The van der Waals surface area contributed by atoms with Crippen LogP contribution in [0.2, 0.25) is 0 Å². The number of rotatable bonds is 6. The van der Waals surface area contributed by atoms with E-state index in [2.05, 4.69) is 15.3 Å². The Bertz CT molecular complexity index is 1390. The highest BCUT2D eigenvalue weighted by Gasteiger charge is 2.57. The van der Waals surface area contributed by atoms with E-state index in [9.17, 15) is 9.59 Å². The van der Waals surface area contributed by atoms with Crippen molar-refractivity contribution in [1.82, 2.24) is 9.97 Å². The van der Waals surface area contributed by atoms with Crippen molar-refractivity contribution in [2.24, 2.45) is 0 Å².